The zero-order valence-corrected chi connectivity index (χ0v) is 13.1. The maximum absolute atomic E-state index is 11.8. The van der Waals surface area contributed by atoms with Crippen LogP contribution in [0, 0.1) is 6.92 Å². The number of Topliss-reactive ketones (excluding diaryl/α,β-unsaturated/α-hetero) is 1. The van der Waals surface area contributed by atoms with Gasteiger partial charge in [0.05, 0.1) is 6.54 Å². The third-order valence-corrected chi connectivity index (χ3v) is 3.40. The van der Waals surface area contributed by atoms with E-state index >= 15 is 0 Å². The highest BCUT2D eigenvalue weighted by atomic mass is 79.9. The predicted octanol–water partition coefficient (Wildman–Crippen LogP) is 3.58. The van der Waals surface area contributed by atoms with Crippen molar-refractivity contribution in [1.82, 2.24) is 9.55 Å². The Morgan fingerprint density at radius 1 is 1.32 bits per heavy atom. The van der Waals surface area contributed by atoms with Crippen LogP contribution in [-0.4, -0.2) is 15.3 Å². The first-order valence-electron chi connectivity index (χ1n) is 5.89. The summed E-state index contributed by atoms with van der Waals surface area (Å²) in [7, 11) is 0. The zero-order chi connectivity index (χ0) is 13.0. The van der Waals surface area contributed by atoms with E-state index in [0.717, 1.165) is 16.7 Å². The molecule has 0 aliphatic carbocycles. The summed E-state index contributed by atoms with van der Waals surface area (Å²) in [6.07, 6.45) is 4.92. The topological polar surface area (TPSA) is 34.9 Å². The van der Waals surface area contributed by atoms with E-state index in [-0.39, 0.29) is 18.2 Å². The quantitative estimate of drug-likeness (QED) is 0.832. The molecule has 5 heteroatoms. The number of benzene rings is 1. The van der Waals surface area contributed by atoms with Gasteiger partial charge in [-0.15, -0.1) is 12.4 Å². The number of rotatable bonds is 5. The molecule has 1 aromatic heterocycles. The molecule has 0 saturated carbocycles. The Kier molecular flexibility index (Phi) is 6.25. The molecule has 0 aliphatic rings. The number of nitrogens with zero attached hydrogens (tertiary/aromatic N) is 2. The van der Waals surface area contributed by atoms with Crippen molar-refractivity contribution in [3.8, 4) is 0 Å². The molecule has 0 saturated heterocycles. The second-order valence-electron chi connectivity index (χ2n) is 4.27. The molecule has 0 atom stereocenters. The van der Waals surface area contributed by atoms with Crippen molar-refractivity contribution >= 4 is 34.1 Å². The summed E-state index contributed by atoms with van der Waals surface area (Å²) in [6.45, 7) is 2.32. The Hall–Kier alpha value is -1.13. The molecule has 0 aliphatic heterocycles. The molecular weight excluding hydrogens is 328 g/mol. The summed E-state index contributed by atoms with van der Waals surface area (Å²) in [4.78, 5) is 15.9. The van der Waals surface area contributed by atoms with Crippen molar-refractivity contribution in [2.45, 2.75) is 26.3 Å². The van der Waals surface area contributed by atoms with Crippen molar-refractivity contribution in [3.05, 3.63) is 52.5 Å². The second-order valence-corrected chi connectivity index (χ2v) is 5.18. The Balaban J connectivity index is 0.00000180. The van der Waals surface area contributed by atoms with Crippen LogP contribution >= 0.6 is 28.3 Å². The third-order valence-electron chi connectivity index (χ3n) is 2.88. The van der Waals surface area contributed by atoms with Gasteiger partial charge < -0.3 is 4.57 Å². The minimum Gasteiger partial charge on any atom is -0.328 e. The van der Waals surface area contributed by atoms with Crippen molar-refractivity contribution in [1.29, 1.82) is 0 Å². The normalized spacial score (nSPS) is 10.0. The fourth-order valence-electron chi connectivity index (χ4n) is 1.77. The molecule has 1 aromatic carbocycles. The van der Waals surface area contributed by atoms with Gasteiger partial charge in [0, 0.05) is 23.3 Å². The van der Waals surface area contributed by atoms with E-state index in [9.17, 15) is 4.79 Å². The van der Waals surface area contributed by atoms with Gasteiger partial charge in [0.2, 0.25) is 0 Å². The van der Waals surface area contributed by atoms with Gasteiger partial charge in [-0.1, -0.05) is 28.1 Å². The second kappa shape index (κ2) is 7.46. The van der Waals surface area contributed by atoms with Crippen LogP contribution in [0.2, 0.25) is 0 Å². The smallest absolute Gasteiger partial charge is 0.152 e. The first-order valence-corrected chi connectivity index (χ1v) is 6.68. The van der Waals surface area contributed by atoms with Gasteiger partial charge in [-0.05, 0) is 31.0 Å². The number of aryl methyl sites for hydroxylation is 2. The molecule has 1 heterocycles. The first-order chi connectivity index (χ1) is 8.65. The molecule has 0 radical (unpaired) electrons. The summed E-state index contributed by atoms with van der Waals surface area (Å²) in [5.41, 5.74) is 1.19. The molecule has 0 spiro atoms. The lowest BCUT2D eigenvalue weighted by molar-refractivity contribution is -0.119. The van der Waals surface area contributed by atoms with E-state index in [2.05, 4.69) is 20.9 Å². The highest BCUT2D eigenvalue weighted by molar-refractivity contribution is 9.10. The van der Waals surface area contributed by atoms with E-state index in [0.29, 0.717) is 13.0 Å². The summed E-state index contributed by atoms with van der Waals surface area (Å²) < 4.78 is 2.94. The molecule has 3 nitrogen and oxygen atoms in total. The van der Waals surface area contributed by atoms with Crippen molar-refractivity contribution in [2.75, 3.05) is 0 Å². The van der Waals surface area contributed by atoms with E-state index in [1.807, 2.05) is 42.0 Å². The number of carbonyl (C=O) groups excluding carboxylic acids is 1. The maximum Gasteiger partial charge on any atom is 0.152 e. The fourth-order valence-corrected chi connectivity index (χ4v) is 2.04. The number of aromatic nitrogens is 2. The van der Waals surface area contributed by atoms with Crippen LogP contribution in [0.25, 0.3) is 0 Å². The highest BCUT2D eigenvalue weighted by Gasteiger charge is 2.05. The van der Waals surface area contributed by atoms with Crippen LogP contribution in [0.5, 0.6) is 0 Å². The molecule has 102 valence electrons. The van der Waals surface area contributed by atoms with Crippen molar-refractivity contribution < 1.29 is 4.79 Å². The minimum atomic E-state index is 0. The van der Waals surface area contributed by atoms with Crippen LogP contribution in [-0.2, 0) is 17.8 Å². The molecule has 2 rings (SSSR count). The Bertz CT molecular complexity index is 537. The predicted molar refractivity (Wildman–Crippen MR) is 81.7 cm³/mol. The molecule has 19 heavy (non-hydrogen) atoms. The fraction of sp³-hybridized carbons (Fsp3) is 0.286. The lowest BCUT2D eigenvalue weighted by Crippen LogP contribution is -2.11. The summed E-state index contributed by atoms with van der Waals surface area (Å²) >= 11 is 3.40. The van der Waals surface area contributed by atoms with Gasteiger partial charge in [-0.25, -0.2) is 4.98 Å². The monoisotopic (exact) mass is 342 g/mol. The van der Waals surface area contributed by atoms with Crippen LogP contribution in [0.15, 0.2) is 41.1 Å². The summed E-state index contributed by atoms with van der Waals surface area (Å²) in [6, 6.07) is 8.08. The molecule has 0 N–H and O–H groups in total. The van der Waals surface area contributed by atoms with Gasteiger partial charge in [0.15, 0.2) is 5.78 Å². The standard InChI is InChI=1S/C14H15BrN2O.ClH/c1-11-16-8-9-17(11)10-14(18)7-4-12-2-5-13(15)6-3-12;/h2-3,5-6,8-9H,4,7,10H2,1H3;1H. The average molecular weight is 344 g/mol. The van der Waals surface area contributed by atoms with Crippen molar-refractivity contribution in [3.63, 3.8) is 0 Å². The zero-order valence-electron chi connectivity index (χ0n) is 10.7. The molecule has 0 bridgehead atoms. The molecule has 0 fully saturated rings. The lowest BCUT2D eigenvalue weighted by atomic mass is 10.1. The van der Waals surface area contributed by atoms with Gasteiger partial charge in [-0.3, -0.25) is 4.79 Å². The largest absolute Gasteiger partial charge is 0.328 e. The van der Waals surface area contributed by atoms with Crippen LogP contribution in [0.3, 0.4) is 0 Å². The first kappa shape index (κ1) is 15.9. The van der Waals surface area contributed by atoms with Crippen molar-refractivity contribution in [2.24, 2.45) is 0 Å². The van der Waals surface area contributed by atoms with Gasteiger partial charge >= 0.3 is 0 Å². The number of hydrogen-bond donors (Lipinski definition) is 0. The van der Waals surface area contributed by atoms with Gasteiger partial charge in [-0.2, -0.15) is 0 Å². The maximum atomic E-state index is 11.8. The van der Waals surface area contributed by atoms with Crippen LogP contribution in [0.4, 0.5) is 0 Å². The molecule has 0 unspecified atom stereocenters. The molecule has 2 aromatic rings. The number of halogens is 2. The third kappa shape index (κ3) is 4.80. The highest BCUT2D eigenvalue weighted by Crippen LogP contribution is 2.12. The van der Waals surface area contributed by atoms with E-state index < -0.39 is 0 Å². The Morgan fingerprint density at radius 2 is 2.00 bits per heavy atom. The summed E-state index contributed by atoms with van der Waals surface area (Å²) in [5.74, 6) is 1.12. The molecular formula is C14H16BrClN2O. The number of hydrogen-bond acceptors (Lipinski definition) is 2. The minimum absolute atomic E-state index is 0. The molecule has 0 amide bonds. The van der Waals surface area contributed by atoms with Crippen LogP contribution < -0.4 is 0 Å². The Labute approximate surface area is 127 Å². The van der Waals surface area contributed by atoms with Gasteiger partial charge in [0.1, 0.15) is 5.82 Å². The number of carbonyl (C=O) groups is 1. The Morgan fingerprint density at radius 3 is 2.58 bits per heavy atom. The average Bonchev–Trinajstić information content (AvgIpc) is 2.74. The number of imidazole rings is 1. The summed E-state index contributed by atoms with van der Waals surface area (Å²) in [5, 5.41) is 0. The SMILES string of the molecule is Cc1nccn1CC(=O)CCc1ccc(Br)cc1.Cl. The van der Waals surface area contributed by atoms with E-state index in [1.165, 1.54) is 5.56 Å². The van der Waals surface area contributed by atoms with Gasteiger partial charge in [0.25, 0.3) is 0 Å². The van der Waals surface area contributed by atoms with E-state index in [1.54, 1.807) is 6.20 Å². The lowest BCUT2D eigenvalue weighted by Gasteiger charge is -2.04. The van der Waals surface area contributed by atoms with Crippen LogP contribution in [0.1, 0.15) is 17.8 Å². The van der Waals surface area contributed by atoms with E-state index in [4.69, 9.17) is 0 Å². The number of ketones is 1.